The van der Waals surface area contributed by atoms with E-state index in [1.54, 1.807) is 0 Å². The first-order valence-corrected chi connectivity index (χ1v) is 10.6. The molecule has 0 aliphatic carbocycles. The molecule has 0 aromatic carbocycles. The lowest BCUT2D eigenvalue weighted by molar-refractivity contribution is -0.140. The van der Waals surface area contributed by atoms with Gasteiger partial charge in [0.05, 0.1) is 14.7 Å². The van der Waals surface area contributed by atoms with E-state index in [2.05, 4.69) is 20.0 Å². The summed E-state index contributed by atoms with van der Waals surface area (Å²) in [5.74, 6) is 0.00940. The van der Waals surface area contributed by atoms with E-state index in [1.165, 1.54) is 44.6 Å². The Kier molecular flexibility index (Phi) is 9.51. The first-order chi connectivity index (χ1) is 8.02. The van der Waals surface area contributed by atoms with Crippen LogP contribution in [0, 0.1) is 0 Å². The predicted octanol–water partition coefficient (Wildman–Crippen LogP) is 4.62. The van der Waals surface area contributed by atoms with Crippen LogP contribution in [0.1, 0.15) is 52.4 Å². The number of carbonyl (C=O) groups is 1. The molecule has 0 amide bonds. The molecule has 102 valence electrons. The van der Waals surface area contributed by atoms with Gasteiger partial charge in [-0.15, -0.1) is 0 Å². The molecule has 0 spiro atoms. The molecule has 0 bridgehead atoms. The summed E-state index contributed by atoms with van der Waals surface area (Å²) in [6.07, 6.45) is 8.03. The maximum atomic E-state index is 11.4. The van der Waals surface area contributed by atoms with Gasteiger partial charge >= 0.3 is 5.97 Å². The smallest absolute Gasteiger partial charge is 0.303 e. The molecule has 2 nitrogen and oxygen atoms in total. The normalized spacial score (nSPS) is 11.5. The van der Waals surface area contributed by atoms with Gasteiger partial charge in [-0.25, -0.2) is 0 Å². The Hall–Kier alpha value is -0.313. The molecular formula is C14H30O2Si. The average Bonchev–Trinajstić information content (AvgIpc) is 2.22. The standard InChI is InChI=1S/C14H30O2Si/c1-5-7-8-9-10-11-12-17(3,4)13-14(15)16-6-2/h5-13H2,1-4H3. The molecule has 0 N–H and O–H groups in total. The molecule has 17 heavy (non-hydrogen) atoms. The molecule has 0 rings (SSSR count). The second-order valence-corrected chi connectivity index (χ2v) is 10.8. The summed E-state index contributed by atoms with van der Waals surface area (Å²) >= 11 is 0. The first kappa shape index (κ1) is 16.7. The SMILES string of the molecule is CCCCCCCC[Si](C)(C)CC(=O)OCC. The highest BCUT2D eigenvalue weighted by molar-refractivity contribution is 6.79. The van der Waals surface area contributed by atoms with Crippen LogP contribution in [0.4, 0.5) is 0 Å². The third kappa shape index (κ3) is 10.6. The van der Waals surface area contributed by atoms with Gasteiger partial charge in [-0.1, -0.05) is 64.6 Å². The van der Waals surface area contributed by atoms with Gasteiger partial charge in [-0.2, -0.15) is 0 Å². The van der Waals surface area contributed by atoms with E-state index in [1.807, 2.05) is 6.92 Å². The van der Waals surface area contributed by atoms with Gasteiger partial charge in [0.15, 0.2) is 0 Å². The third-order valence-electron chi connectivity index (χ3n) is 3.14. The van der Waals surface area contributed by atoms with E-state index >= 15 is 0 Å². The highest BCUT2D eigenvalue weighted by Gasteiger charge is 2.24. The van der Waals surface area contributed by atoms with Crippen LogP contribution in [0.2, 0.25) is 25.2 Å². The molecule has 0 atom stereocenters. The first-order valence-electron chi connectivity index (χ1n) is 7.17. The summed E-state index contributed by atoms with van der Waals surface area (Å²) in [6, 6.07) is 1.95. The van der Waals surface area contributed by atoms with Crippen molar-refractivity contribution in [3.05, 3.63) is 0 Å². The van der Waals surface area contributed by atoms with Crippen LogP contribution in [0.15, 0.2) is 0 Å². The Bertz CT molecular complexity index is 202. The predicted molar refractivity (Wildman–Crippen MR) is 77.1 cm³/mol. The van der Waals surface area contributed by atoms with Gasteiger partial charge in [-0.05, 0) is 6.92 Å². The maximum absolute atomic E-state index is 11.4. The number of hydrogen-bond donors (Lipinski definition) is 0. The minimum atomic E-state index is -1.35. The van der Waals surface area contributed by atoms with Crippen molar-refractivity contribution in [2.24, 2.45) is 0 Å². The van der Waals surface area contributed by atoms with Crippen molar-refractivity contribution in [2.75, 3.05) is 6.61 Å². The van der Waals surface area contributed by atoms with Crippen LogP contribution >= 0.6 is 0 Å². The Morgan fingerprint density at radius 3 is 2.18 bits per heavy atom. The Balaban J connectivity index is 3.59. The summed E-state index contributed by atoms with van der Waals surface area (Å²) in [5.41, 5.74) is 0. The van der Waals surface area contributed by atoms with E-state index in [4.69, 9.17) is 4.74 Å². The van der Waals surface area contributed by atoms with Crippen LogP contribution in [0.3, 0.4) is 0 Å². The molecule has 3 heteroatoms. The van der Waals surface area contributed by atoms with Crippen molar-refractivity contribution >= 4 is 14.0 Å². The monoisotopic (exact) mass is 258 g/mol. The summed E-state index contributed by atoms with van der Waals surface area (Å²) in [6.45, 7) is 9.24. The second-order valence-electron chi connectivity index (χ2n) is 5.66. The van der Waals surface area contributed by atoms with Crippen molar-refractivity contribution in [3.63, 3.8) is 0 Å². The lowest BCUT2D eigenvalue weighted by atomic mass is 10.1. The van der Waals surface area contributed by atoms with Crippen LogP contribution in [0.5, 0.6) is 0 Å². The van der Waals surface area contributed by atoms with Crippen molar-refractivity contribution in [1.29, 1.82) is 0 Å². The quantitative estimate of drug-likeness (QED) is 0.325. The fourth-order valence-electron chi connectivity index (χ4n) is 2.08. The highest BCUT2D eigenvalue weighted by Crippen LogP contribution is 2.20. The van der Waals surface area contributed by atoms with Gasteiger partial charge in [0.25, 0.3) is 0 Å². The minimum Gasteiger partial charge on any atom is -0.466 e. The van der Waals surface area contributed by atoms with Crippen LogP contribution in [0.25, 0.3) is 0 Å². The molecule has 0 saturated carbocycles. The van der Waals surface area contributed by atoms with Crippen molar-refractivity contribution in [1.82, 2.24) is 0 Å². The number of hydrogen-bond acceptors (Lipinski definition) is 2. The van der Waals surface area contributed by atoms with Gasteiger partial charge in [0, 0.05) is 6.04 Å². The molecule has 0 unspecified atom stereocenters. The van der Waals surface area contributed by atoms with Gasteiger partial charge in [-0.3, -0.25) is 4.79 Å². The Morgan fingerprint density at radius 1 is 1.00 bits per heavy atom. The van der Waals surface area contributed by atoms with E-state index in [9.17, 15) is 4.79 Å². The zero-order valence-corrected chi connectivity index (χ0v) is 13.2. The molecule has 0 radical (unpaired) electrons. The highest BCUT2D eigenvalue weighted by atomic mass is 28.3. The average molecular weight is 258 g/mol. The number of rotatable bonds is 10. The fraction of sp³-hybridized carbons (Fsp3) is 0.929. The summed E-state index contributed by atoms with van der Waals surface area (Å²) < 4.78 is 5.03. The van der Waals surface area contributed by atoms with E-state index in [0.29, 0.717) is 12.7 Å². The minimum absolute atomic E-state index is 0.00940. The molecular weight excluding hydrogens is 228 g/mol. The molecule has 0 heterocycles. The van der Waals surface area contributed by atoms with E-state index in [0.717, 1.165) is 0 Å². The largest absolute Gasteiger partial charge is 0.466 e. The molecule has 0 aromatic rings. The lowest BCUT2D eigenvalue weighted by Gasteiger charge is -2.20. The van der Waals surface area contributed by atoms with Crippen molar-refractivity contribution in [2.45, 2.75) is 77.6 Å². The Labute approximate surface area is 108 Å². The Morgan fingerprint density at radius 2 is 1.59 bits per heavy atom. The van der Waals surface area contributed by atoms with Crippen molar-refractivity contribution in [3.8, 4) is 0 Å². The number of carbonyl (C=O) groups excluding carboxylic acids is 1. The number of ether oxygens (including phenoxy) is 1. The fourth-order valence-corrected chi connectivity index (χ4v) is 4.34. The van der Waals surface area contributed by atoms with Crippen LogP contribution < -0.4 is 0 Å². The number of unbranched alkanes of at least 4 members (excludes halogenated alkanes) is 5. The molecule has 0 aliphatic heterocycles. The zero-order valence-electron chi connectivity index (χ0n) is 12.2. The molecule has 0 aromatic heterocycles. The van der Waals surface area contributed by atoms with Crippen LogP contribution in [-0.4, -0.2) is 20.7 Å². The van der Waals surface area contributed by atoms with Gasteiger partial charge in [0.2, 0.25) is 0 Å². The van der Waals surface area contributed by atoms with Gasteiger partial charge in [0.1, 0.15) is 0 Å². The maximum Gasteiger partial charge on any atom is 0.303 e. The summed E-state index contributed by atoms with van der Waals surface area (Å²) in [4.78, 5) is 11.4. The van der Waals surface area contributed by atoms with Crippen LogP contribution in [-0.2, 0) is 9.53 Å². The molecule has 0 fully saturated rings. The van der Waals surface area contributed by atoms with E-state index in [-0.39, 0.29) is 5.97 Å². The number of esters is 1. The molecule has 0 aliphatic rings. The topological polar surface area (TPSA) is 26.3 Å². The molecule has 0 saturated heterocycles. The van der Waals surface area contributed by atoms with Crippen molar-refractivity contribution < 1.29 is 9.53 Å². The lowest BCUT2D eigenvalue weighted by Crippen LogP contribution is -2.29. The second kappa shape index (κ2) is 9.69. The summed E-state index contributed by atoms with van der Waals surface area (Å²) in [5, 5.41) is 0. The van der Waals surface area contributed by atoms with Gasteiger partial charge < -0.3 is 4.74 Å². The van der Waals surface area contributed by atoms with E-state index < -0.39 is 8.07 Å². The third-order valence-corrected chi connectivity index (χ3v) is 6.09. The zero-order chi connectivity index (χ0) is 13.1. The summed E-state index contributed by atoms with van der Waals surface area (Å²) in [7, 11) is -1.35.